The van der Waals surface area contributed by atoms with Crippen LogP contribution in [0.25, 0.3) is 43.8 Å². The van der Waals surface area contributed by atoms with Crippen molar-refractivity contribution >= 4 is 40.7 Å². The molecule has 0 aliphatic carbocycles. The van der Waals surface area contributed by atoms with Gasteiger partial charge in [-0.15, -0.1) is 0 Å². The molecule has 7 rings (SSSR count). The van der Waals surface area contributed by atoms with Crippen molar-refractivity contribution in [1.82, 2.24) is 9.97 Å². The molecule has 1 aliphatic rings. The van der Waals surface area contributed by atoms with Crippen molar-refractivity contribution in [3.8, 4) is 22.3 Å². The Morgan fingerprint density at radius 1 is 0.474 bits per heavy atom. The van der Waals surface area contributed by atoms with E-state index in [1.165, 1.54) is 32.7 Å². The average Bonchev–Trinajstić information content (AvgIpc) is 3.47. The minimum atomic E-state index is 0. The van der Waals surface area contributed by atoms with Gasteiger partial charge in [-0.25, -0.2) is 9.97 Å². The Morgan fingerprint density at radius 2 is 0.895 bits per heavy atom. The van der Waals surface area contributed by atoms with Gasteiger partial charge >= 0.3 is 7.55 Å². The molecule has 1 fully saturated rings. The molecule has 6 aromatic rings. The van der Waals surface area contributed by atoms with Crippen molar-refractivity contribution in [2.24, 2.45) is 0 Å². The molecule has 0 spiro atoms. The number of benzene rings is 4. The summed E-state index contributed by atoms with van der Waals surface area (Å²) in [7, 11) is 2.11. The molecule has 0 unspecified atom stereocenters. The Bertz CT molecular complexity index is 1590. The number of pyridine rings is 2. The van der Waals surface area contributed by atoms with Crippen molar-refractivity contribution in [2.75, 3.05) is 22.7 Å². The van der Waals surface area contributed by atoms with Gasteiger partial charge in [-0.2, -0.15) is 0 Å². The van der Waals surface area contributed by atoms with Crippen LogP contribution in [-0.2, 0) is 20.1 Å². The van der Waals surface area contributed by atoms with Crippen LogP contribution >= 0.6 is 0 Å². The maximum absolute atomic E-state index is 4.77. The Kier molecular flexibility index (Phi) is 6.67. The number of aromatic nitrogens is 2. The molecule has 0 N–H and O–H groups in total. The molecule has 0 saturated carbocycles. The van der Waals surface area contributed by atoms with Gasteiger partial charge in [0.25, 0.3) is 0 Å². The average molecular weight is 668 g/mol. The minimum Gasteiger partial charge on any atom is -0.382 e. The predicted molar refractivity (Wildman–Crippen MR) is 155 cm³/mol. The predicted octanol–water partition coefficient (Wildman–Crippen LogP) is 6.98. The van der Waals surface area contributed by atoms with E-state index in [2.05, 4.69) is 126 Å². The van der Waals surface area contributed by atoms with Crippen LogP contribution in [0.1, 0.15) is 0 Å². The van der Waals surface area contributed by atoms with E-state index in [1.54, 1.807) is 0 Å². The summed E-state index contributed by atoms with van der Waals surface area (Å²) in [5.74, 6) is 1.89. The largest absolute Gasteiger partial charge is 0.394 e. The second kappa shape index (κ2) is 10.4. The summed E-state index contributed by atoms with van der Waals surface area (Å²) < 4.78 is 0. The first-order chi connectivity index (χ1) is 18.3. The fraction of sp³-hybridized carbons (Fsp3) is 0.0625. The summed E-state index contributed by atoms with van der Waals surface area (Å²) >= 11 is 0. The molecule has 1 aliphatic heterocycles. The first-order valence-electron chi connectivity index (χ1n) is 12.6. The molecule has 3 heterocycles. The monoisotopic (exact) mass is 668 g/mol. The van der Waals surface area contributed by atoms with E-state index in [0.29, 0.717) is 0 Å². The maximum atomic E-state index is 4.77. The quantitative estimate of drug-likeness (QED) is 0.190. The van der Waals surface area contributed by atoms with Gasteiger partial charge in [0.2, 0.25) is 0 Å². The van der Waals surface area contributed by atoms with Gasteiger partial charge in [-0.3, -0.25) is 0 Å². The SMILES string of the molecule is [B]1N(c2ccc(-c3ccc4ccccc4c3)cn2)CCN1c1ccc(-c2ccc3ccccc3c2)cn1.[Ir]. The van der Waals surface area contributed by atoms with E-state index in [4.69, 9.17) is 9.97 Å². The molecular weight excluding hydrogens is 643 g/mol. The van der Waals surface area contributed by atoms with Crippen molar-refractivity contribution in [3.05, 3.63) is 122 Å². The second-order valence-electron chi connectivity index (χ2n) is 9.44. The summed E-state index contributed by atoms with van der Waals surface area (Å²) in [4.78, 5) is 13.9. The van der Waals surface area contributed by atoms with Gasteiger partial charge < -0.3 is 9.62 Å². The smallest absolute Gasteiger partial charge is 0.382 e. The van der Waals surface area contributed by atoms with Crippen molar-refractivity contribution in [2.45, 2.75) is 0 Å². The van der Waals surface area contributed by atoms with Gasteiger partial charge in [0, 0.05) is 56.7 Å². The van der Waals surface area contributed by atoms with Crippen LogP contribution < -0.4 is 9.62 Å². The molecular formula is C32H24BIrN4. The molecule has 38 heavy (non-hydrogen) atoms. The molecule has 1 saturated heterocycles. The fourth-order valence-corrected chi connectivity index (χ4v) is 5.04. The molecule has 4 aromatic carbocycles. The summed E-state index contributed by atoms with van der Waals surface area (Å²) in [6.45, 7) is 1.74. The van der Waals surface area contributed by atoms with E-state index in [-0.39, 0.29) is 20.1 Å². The molecule has 2 radical (unpaired) electrons. The van der Waals surface area contributed by atoms with E-state index >= 15 is 0 Å². The molecule has 2 aromatic heterocycles. The van der Waals surface area contributed by atoms with Crippen molar-refractivity contribution in [3.63, 3.8) is 0 Å². The van der Waals surface area contributed by atoms with E-state index in [1.807, 2.05) is 12.4 Å². The zero-order chi connectivity index (χ0) is 24.6. The van der Waals surface area contributed by atoms with E-state index in [0.717, 1.165) is 35.9 Å². The molecule has 0 atom stereocenters. The van der Waals surface area contributed by atoms with Crippen molar-refractivity contribution < 1.29 is 20.1 Å². The third kappa shape index (κ3) is 4.69. The van der Waals surface area contributed by atoms with Gasteiger partial charge in [0.15, 0.2) is 0 Å². The zero-order valence-electron chi connectivity index (χ0n) is 20.7. The van der Waals surface area contributed by atoms with Crippen LogP contribution in [0.2, 0.25) is 0 Å². The zero-order valence-corrected chi connectivity index (χ0v) is 23.1. The van der Waals surface area contributed by atoms with E-state index < -0.39 is 0 Å². The summed E-state index contributed by atoms with van der Waals surface area (Å²) in [6.07, 6.45) is 3.93. The first kappa shape index (κ1) is 24.4. The van der Waals surface area contributed by atoms with Crippen LogP contribution in [-0.4, -0.2) is 30.6 Å². The van der Waals surface area contributed by atoms with Gasteiger partial charge in [-0.05, 0) is 69.1 Å². The van der Waals surface area contributed by atoms with Gasteiger partial charge in [-0.1, -0.05) is 72.8 Å². The van der Waals surface area contributed by atoms with Crippen LogP contribution in [0.15, 0.2) is 122 Å². The maximum Gasteiger partial charge on any atom is 0.394 e. The van der Waals surface area contributed by atoms with Gasteiger partial charge in [0.05, 0.1) is 0 Å². The molecule has 184 valence electrons. The van der Waals surface area contributed by atoms with E-state index in [9.17, 15) is 0 Å². The Labute approximate surface area is 236 Å². The molecule has 6 heteroatoms. The number of hydrogen-bond donors (Lipinski definition) is 0. The van der Waals surface area contributed by atoms with Crippen molar-refractivity contribution in [1.29, 1.82) is 0 Å². The Morgan fingerprint density at radius 3 is 1.32 bits per heavy atom. The van der Waals surface area contributed by atoms with Crippen LogP contribution in [0.3, 0.4) is 0 Å². The number of fused-ring (bicyclic) bond motifs is 2. The summed E-state index contributed by atoms with van der Waals surface area (Å²) in [5, 5.41) is 4.99. The third-order valence-corrected chi connectivity index (χ3v) is 7.11. The summed E-state index contributed by atoms with van der Waals surface area (Å²) in [5.41, 5.74) is 4.61. The van der Waals surface area contributed by atoms with Gasteiger partial charge in [0.1, 0.15) is 11.6 Å². The van der Waals surface area contributed by atoms with Crippen LogP contribution in [0.4, 0.5) is 11.6 Å². The second-order valence-corrected chi connectivity index (χ2v) is 9.44. The Balaban J connectivity index is 0.00000264. The topological polar surface area (TPSA) is 32.3 Å². The number of hydrogen-bond acceptors (Lipinski definition) is 4. The standard InChI is InChI=1S/C32H24BN4.Ir/c1-3-7-25-19-27(11-9-23(25)5-1)29-13-15-31(34-21-29)36-17-18-37(33-36)32-16-14-30(22-35-32)28-12-10-24-6-2-4-8-26(24)20-28;/h1-16,19-22H,17-18H2;. The first-order valence-corrected chi connectivity index (χ1v) is 12.6. The normalized spacial score (nSPS) is 12.9. The molecule has 0 amide bonds. The molecule has 4 nitrogen and oxygen atoms in total. The minimum absolute atomic E-state index is 0. The number of rotatable bonds is 4. The fourth-order valence-electron chi connectivity index (χ4n) is 5.04. The third-order valence-electron chi connectivity index (χ3n) is 7.11. The summed E-state index contributed by atoms with van der Waals surface area (Å²) in [6, 6.07) is 38.5. The van der Waals surface area contributed by atoms with Crippen LogP contribution in [0, 0.1) is 0 Å². The number of anilines is 2. The molecule has 0 bridgehead atoms. The number of nitrogens with zero attached hydrogens (tertiary/aromatic N) is 4. The Hall–Kier alpha value is -3.99. The van der Waals surface area contributed by atoms with Crippen LogP contribution in [0.5, 0.6) is 0 Å².